The van der Waals surface area contributed by atoms with E-state index >= 15 is 0 Å². The Labute approximate surface area is 99.1 Å². The Bertz CT molecular complexity index is 304. The van der Waals surface area contributed by atoms with Gasteiger partial charge in [0.15, 0.2) is 0 Å². The molecule has 7 heteroatoms. The fraction of sp³-hybridized carbons (Fsp3) is 0.800. The third-order valence-electron chi connectivity index (χ3n) is 3.05. The summed E-state index contributed by atoms with van der Waals surface area (Å²) < 4.78 is 5.16. The lowest BCUT2D eigenvalue weighted by Gasteiger charge is -2.34. The van der Waals surface area contributed by atoms with Crippen LogP contribution in [0, 0.1) is 0 Å². The Morgan fingerprint density at radius 3 is 2.94 bits per heavy atom. The standard InChI is InChI=1S/C10H17N3O4/c14-9(15)8-5-11-2-3-13(8)10(16)12-7-1-4-17-6-7/h7-8,11H,1-6H2,(H,12,16)(H,14,15). The van der Waals surface area contributed by atoms with Crippen LogP contribution in [0.4, 0.5) is 4.79 Å². The van der Waals surface area contributed by atoms with Crippen LogP contribution in [0.15, 0.2) is 0 Å². The van der Waals surface area contributed by atoms with Crippen molar-refractivity contribution in [1.29, 1.82) is 0 Å². The van der Waals surface area contributed by atoms with Gasteiger partial charge >= 0.3 is 12.0 Å². The molecule has 2 saturated heterocycles. The molecule has 3 N–H and O–H groups in total. The number of hydrogen-bond donors (Lipinski definition) is 3. The molecular weight excluding hydrogens is 226 g/mol. The number of ether oxygens (including phenoxy) is 1. The van der Waals surface area contributed by atoms with Crippen LogP contribution in [0.2, 0.25) is 0 Å². The van der Waals surface area contributed by atoms with Gasteiger partial charge in [0.25, 0.3) is 0 Å². The average molecular weight is 243 g/mol. The van der Waals surface area contributed by atoms with E-state index in [-0.39, 0.29) is 12.1 Å². The van der Waals surface area contributed by atoms with Crippen molar-refractivity contribution in [3.05, 3.63) is 0 Å². The number of urea groups is 1. The topological polar surface area (TPSA) is 90.9 Å². The number of carboxylic acids is 1. The lowest BCUT2D eigenvalue weighted by molar-refractivity contribution is -0.142. The summed E-state index contributed by atoms with van der Waals surface area (Å²) in [4.78, 5) is 24.3. The van der Waals surface area contributed by atoms with Gasteiger partial charge in [0, 0.05) is 26.2 Å². The van der Waals surface area contributed by atoms with Crippen molar-refractivity contribution in [2.75, 3.05) is 32.8 Å². The highest BCUT2D eigenvalue weighted by Gasteiger charge is 2.33. The Hall–Kier alpha value is -1.34. The minimum atomic E-state index is -0.977. The van der Waals surface area contributed by atoms with Gasteiger partial charge in [-0.2, -0.15) is 0 Å². The van der Waals surface area contributed by atoms with E-state index < -0.39 is 12.0 Å². The minimum Gasteiger partial charge on any atom is -0.480 e. The highest BCUT2D eigenvalue weighted by molar-refractivity contribution is 5.83. The summed E-state index contributed by atoms with van der Waals surface area (Å²) in [7, 11) is 0. The molecule has 2 unspecified atom stereocenters. The average Bonchev–Trinajstić information content (AvgIpc) is 2.81. The quantitative estimate of drug-likeness (QED) is 0.569. The molecule has 2 rings (SSSR count). The van der Waals surface area contributed by atoms with Crippen molar-refractivity contribution in [3.8, 4) is 0 Å². The fourth-order valence-corrected chi connectivity index (χ4v) is 2.07. The number of piperazine rings is 1. The molecule has 7 nitrogen and oxygen atoms in total. The highest BCUT2D eigenvalue weighted by Crippen LogP contribution is 2.08. The van der Waals surface area contributed by atoms with Gasteiger partial charge in [0.2, 0.25) is 0 Å². The first-order chi connectivity index (χ1) is 8.18. The van der Waals surface area contributed by atoms with Crippen molar-refractivity contribution < 1.29 is 19.4 Å². The molecule has 17 heavy (non-hydrogen) atoms. The first kappa shape index (κ1) is 12.1. The van der Waals surface area contributed by atoms with Crippen LogP contribution in [0.5, 0.6) is 0 Å². The molecule has 96 valence electrons. The molecule has 0 aliphatic carbocycles. The Morgan fingerprint density at radius 1 is 1.47 bits per heavy atom. The van der Waals surface area contributed by atoms with Crippen LogP contribution in [0.3, 0.4) is 0 Å². The SMILES string of the molecule is O=C(O)C1CNCCN1C(=O)NC1CCOC1. The summed E-state index contributed by atoms with van der Waals surface area (Å²) in [5, 5.41) is 14.8. The number of carboxylic acid groups (broad SMARTS) is 1. The molecule has 0 aromatic carbocycles. The summed E-state index contributed by atoms with van der Waals surface area (Å²) in [6, 6.07) is -1.09. The second-order valence-electron chi connectivity index (χ2n) is 4.26. The van der Waals surface area contributed by atoms with Crippen LogP contribution < -0.4 is 10.6 Å². The molecule has 2 atom stereocenters. The zero-order valence-electron chi connectivity index (χ0n) is 9.52. The summed E-state index contributed by atoms with van der Waals surface area (Å²) in [5.74, 6) is -0.977. The minimum absolute atomic E-state index is 0.00632. The van der Waals surface area contributed by atoms with E-state index in [4.69, 9.17) is 9.84 Å². The molecule has 2 aliphatic heterocycles. The number of carbonyl (C=O) groups excluding carboxylic acids is 1. The number of hydrogen-bond acceptors (Lipinski definition) is 4. The number of nitrogens with one attached hydrogen (secondary N) is 2. The highest BCUT2D eigenvalue weighted by atomic mass is 16.5. The van der Waals surface area contributed by atoms with Crippen molar-refractivity contribution >= 4 is 12.0 Å². The van der Waals surface area contributed by atoms with Crippen molar-refractivity contribution in [2.45, 2.75) is 18.5 Å². The molecule has 0 aromatic heterocycles. The fourth-order valence-electron chi connectivity index (χ4n) is 2.07. The second kappa shape index (κ2) is 5.33. The lowest BCUT2D eigenvalue weighted by Crippen LogP contribution is -2.60. The number of nitrogens with zero attached hydrogens (tertiary/aromatic N) is 1. The lowest BCUT2D eigenvalue weighted by atomic mass is 10.2. The van der Waals surface area contributed by atoms with Gasteiger partial charge in [0.1, 0.15) is 6.04 Å². The predicted molar refractivity (Wildman–Crippen MR) is 58.8 cm³/mol. The van der Waals surface area contributed by atoms with Gasteiger partial charge < -0.3 is 25.4 Å². The van der Waals surface area contributed by atoms with Gasteiger partial charge in [-0.15, -0.1) is 0 Å². The molecule has 0 aromatic rings. The molecular formula is C10H17N3O4. The molecule has 2 aliphatic rings. The van der Waals surface area contributed by atoms with Gasteiger partial charge in [0.05, 0.1) is 12.6 Å². The summed E-state index contributed by atoms with van der Waals surface area (Å²) >= 11 is 0. The number of aliphatic carboxylic acids is 1. The van der Waals surface area contributed by atoms with E-state index in [1.54, 1.807) is 0 Å². The normalized spacial score (nSPS) is 29.1. The third-order valence-corrected chi connectivity index (χ3v) is 3.05. The van der Waals surface area contributed by atoms with Crippen LogP contribution in [-0.2, 0) is 9.53 Å². The van der Waals surface area contributed by atoms with E-state index in [0.717, 1.165) is 6.42 Å². The van der Waals surface area contributed by atoms with E-state index in [9.17, 15) is 9.59 Å². The number of amides is 2. The molecule has 0 spiro atoms. The smallest absolute Gasteiger partial charge is 0.327 e. The third kappa shape index (κ3) is 2.86. The first-order valence-corrected chi connectivity index (χ1v) is 5.77. The zero-order chi connectivity index (χ0) is 12.3. The summed E-state index contributed by atoms with van der Waals surface area (Å²) in [6.45, 7) is 2.49. The largest absolute Gasteiger partial charge is 0.480 e. The van der Waals surface area contributed by atoms with Gasteiger partial charge in [-0.05, 0) is 6.42 Å². The number of rotatable bonds is 2. The van der Waals surface area contributed by atoms with Gasteiger partial charge in [-0.1, -0.05) is 0 Å². The Balaban J connectivity index is 1.93. The van der Waals surface area contributed by atoms with Crippen LogP contribution >= 0.6 is 0 Å². The van der Waals surface area contributed by atoms with Crippen LogP contribution in [0.1, 0.15) is 6.42 Å². The van der Waals surface area contributed by atoms with E-state index in [2.05, 4.69) is 10.6 Å². The molecule has 2 fully saturated rings. The summed E-state index contributed by atoms with van der Waals surface area (Å²) in [6.07, 6.45) is 0.787. The molecule has 2 heterocycles. The molecule has 0 saturated carbocycles. The van der Waals surface area contributed by atoms with Gasteiger partial charge in [-0.25, -0.2) is 9.59 Å². The molecule has 0 radical (unpaired) electrons. The summed E-state index contributed by atoms with van der Waals surface area (Å²) in [5.41, 5.74) is 0. The Kier molecular flexibility index (Phi) is 3.80. The van der Waals surface area contributed by atoms with Crippen molar-refractivity contribution in [2.24, 2.45) is 0 Å². The molecule has 0 bridgehead atoms. The van der Waals surface area contributed by atoms with E-state index in [0.29, 0.717) is 32.8 Å². The second-order valence-corrected chi connectivity index (χ2v) is 4.26. The molecule has 2 amide bonds. The number of carbonyl (C=O) groups is 2. The van der Waals surface area contributed by atoms with E-state index in [1.807, 2.05) is 0 Å². The van der Waals surface area contributed by atoms with Crippen molar-refractivity contribution in [3.63, 3.8) is 0 Å². The maximum Gasteiger partial charge on any atom is 0.327 e. The Morgan fingerprint density at radius 2 is 2.29 bits per heavy atom. The predicted octanol–water partition coefficient (Wildman–Crippen LogP) is -1.16. The monoisotopic (exact) mass is 243 g/mol. The maximum absolute atomic E-state index is 11.9. The first-order valence-electron chi connectivity index (χ1n) is 5.77. The van der Waals surface area contributed by atoms with Crippen LogP contribution in [-0.4, -0.2) is 66.9 Å². The van der Waals surface area contributed by atoms with Gasteiger partial charge in [-0.3, -0.25) is 0 Å². The van der Waals surface area contributed by atoms with Crippen LogP contribution in [0.25, 0.3) is 0 Å². The maximum atomic E-state index is 11.9. The van der Waals surface area contributed by atoms with Crippen molar-refractivity contribution in [1.82, 2.24) is 15.5 Å². The van der Waals surface area contributed by atoms with E-state index in [1.165, 1.54) is 4.90 Å². The zero-order valence-corrected chi connectivity index (χ0v) is 9.52.